The van der Waals surface area contributed by atoms with E-state index in [1.54, 1.807) is 43.5 Å². The molecule has 5 N–H and O–H groups in total. The molecule has 3 aromatic carbocycles. The minimum absolute atomic E-state index is 0.00918. The van der Waals surface area contributed by atoms with E-state index < -0.39 is 5.60 Å². The van der Waals surface area contributed by atoms with Crippen LogP contribution in [0.4, 0.5) is 5.69 Å². The lowest BCUT2D eigenvalue weighted by Crippen LogP contribution is -2.50. The minimum Gasteiger partial charge on any atom is -0.507 e. The highest BCUT2D eigenvalue weighted by Crippen LogP contribution is 2.47. The maximum Gasteiger partial charge on any atom is 0.164 e. The first-order chi connectivity index (χ1) is 17.7. The summed E-state index contributed by atoms with van der Waals surface area (Å²) in [5.41, 5.74) is 9.46. The SMILES string of the molecule is COc1cc(/C=C/c2cc(O)c(/C=C/c3ccc(N)cc3)c(O)c2)cc2c1OC1CCCC(C)(O)C1C2. The van der Waals surface area contributed by atoms with Crippen LogP contribution >= 0.6 is 0 Å². The molecule has 6 nitrogen and oxygen atoms in total. The third-order valence-corrected chi connectivity index (χ3v) is 7.51. The zero-order chi connectivity index (χ0) is 26.2. The van der Waals surface area contributed by atoms with Crippen molar-refractivity contribution >= 4 is 30.0 Å². The summed E-state index contributed by atoms with van der Waals surface area (Å²) < 4.78 is 12.0. The summed E-state index contributed by atoms with van der Waals surface area (Å²) in [5, 5.41) is 32.1. The van der Waals surface area contributed by atoms with Crippen LogP contribution in [0.5, 0.6) is 23.0 Å². The molecule has 0 saturated heterocycles. The van der Waals surface area contributed by atoms with E-state index in [4.69, 9.17) is 15.2 Å². The predicted octanol–water partition coefficient (Wildman–Crippen LogP) is 5.88. The summed E-state index contributed by atoms with van der Waals surface area (Å²) in [6, 6.07) is 14.5. The molecule has 5 rings (SSSR count). The molecule has 3 unspecified atom stereocenters. The average Bonchev–Trinajstić information content (AvgIpc) is 2.86. The topological polar surface area (TPSA) is 105 Å². The van der Waals surface area contributed by atoms with Gasteiger partial charge in [0.1, 0.15) is 17.6 Å². The molecule has 1 saturated carbocycles. The van der Waals surface area contributed by atoms with Crippen LogP contribution in [0.15, 0.2) is 48.5 Å². The highest BCUT2D eigenvalue weighted by atomic mass is 16.5. The number of rotatable bonds is 5. The van der Waals surface area contributed by atoms with Crippen LogP contribution in [-0.4, -0.2) is 34.1 Å². The fourth-order valence-electron chi connectivity index (χ4n) is 5.44. The molecule has 0 amide bonds. The lowest BCUT2D eigenvalue weighted by molar-refractivity contribution is -0.0905. The molecule has 1 aliphatic heterocycles. The van der Waals surface area contributed by atoms with Crippen molar-refractivity contribution in [3.8, 4) is 23.0 Å². The van der Waals surface area contributed by atoms with Crippen LogP contribution in [0.25, 0.3) is 24.3 Å². The van der Waals surface area contributed by atoms with E-state index >= 15 is 0 Å². The van der Waals surface area contributed by atoms with Gasteiger partial charge in [0.25, 0.3) is 0 Å². The Bertz CT molecular complexity index is 1330. The molecular weight excluding hydrogens is 466 g/mol. The van der Waals surface area contributed by atoms with Gasteiger partial charge in [-0.1, -0.05) is 30.4 Å². The summed E-state index contributed by atoms with van der Waals surface area (Å²) in [6.45, 7) is 1.91. The summed E-state index contributed by atoms with van der Waals surface area (Å²) in [5.74, 6) is 1.42. The molecule has 0 radical (unpaired) electrons. The molecule has 6 heteroatoms. The van der Waals surface area contributed by atoms with E-state index in [0.29, 0.717) is 22.6 Å². The Morgan fingerprint density at radius 3 is 2.27 bits per heavy atom. The van der Waals surface area contributed by atoms with Crippen LogP contribution in [0.2, 0.25) is 0 Å². The van der Waals surface area contributed by atoms with E-state index in [1.807, 2.05) is 37.3 Å². The summed E-state index contributed by atoms with van der Waals surface area (Å²) in [6.07, 6.45) is 10.6. The van der Waals surface area contributed by atoms with Gasteiger partial charge in [-0.05, 0) is 97.3 Å². The minimum atomic E-state index is -0.751. The number of benzene rings is 3. The molecule has 1 fully saturated rings. The first-order valence-corrected chi connectivity index (χ1v) is 12.6. The van der Waals surface area contributed by atoms with Gasteiger partial charge in [-0.25, -0.2) is 0 Å². The van der Waals surface area contributed by atoms with Crippen molar-refractivity contribution in [3.05, 3.63) is 76.3 Å². The number of hydrogen-bond donors (Lipinski definition) is 4. The zero-order valence-electron chi connectivity index (χ0n) is 21.1. The van der Waals surface area contributed by atoms with E-state index in [-0.39, 0.29) is 23.5 Å². The van der Waals surface area contributed by atoms with Crippen LogP contribution in [0, 0.1) is 5.92 Å². The smallest absolute Gasteiger partial charge is 0.164 e. The highest BCUT2D eigenvalue weighted by molar-refractivity contribution is 5.79. The van der Waals surface area contributed by atoms with Crippen LogP contribution in [0.1, 0.15) is 54.0 Å². The number of methoxy groups -OCH3 is 1. The number of aromatic hydroxyl groups is 2. The van der Waals surface area contributed by atoms with Crippen molar-refractivity contribution in [3.63, 3.8) is 0 Å². The van der Waals surface area contributed by atoms with Crippen molar-refractivity contribution in [1.29, 1.82) is 0 Å². The molecule has 1 heterocycles. The van der Waals surface area contributed by atoms with Gasteiger partial charge in [-0.3, -0.25) is 0 Å². The maximum absolute atomic E-state index is 10.9. The van der Waals surface area contributed by atoms with Crippen molar-refractivity contribution in [2.45, 2.75) is 44.3 Å². The maximum atomic E-state index is 10.9. The van der Waals surface area contributed by atoms with Gasteiger partial charge in [-0.15, -0.1) is 0 Å². The third-order valence-electron chi connectivity index (χ3n) is 7.51. The predicted molar refractivity (Wildman–Crippen MR) is 148 cm³/mol. The quantitative estimate of drug-likeness (QED) is 0.258. The van der Waals surface area contributed by atoms with Crippen LogP contribution < -0.4 is 15.2 Å². The van der Waals surface area contributed by atoms with Gasteiger partial charge in [0.2, 0.25) is 0 Å². The third kappa shape index (κ3) is 5.16. The fraction of sp³-hybridized carbons (Fsp3) is 0.290. The second-order valence-electron chi connectivity index (χ2n) is 10.2. The molecule has 0 bridgehead atoms. The molecule has 0 spiro atoms. The van der Waals surface area contributed by atoms with Gasteiger partial charge in [0, 0.05) is 11.6 Å². The number of hydrogen-bond acceptors (Lipinski definition) is 6. The number of phenols is 2. The first-order valence-electron chi connectivity index (χ1n) is 12.6. The standard InChI is InChI=1S/C31H33NO5/c1-31(35)13-3-4-28-25(31)18-22-14-20(17-29(36-2)30(22)37-28)5-6-21-15-26(33)24(27(34)16-21)12-9-19-7-10-23(32)11-8-19/h5-12,14-17,25,28,33-35H,3-4,13,18,32H2,1-2H3/b6-5+,12-9+. The Kier molecular flexibility index (Phi) is 6.61. The highest BCUT2D eigenvalue weighted by Gasteiger charge is 2.45. The number of phenolic OH excluding ortho intramolecular Hbond substituents is 2. The Morgan fingerprint density at radius 1 is 0.946 bits per heavy atom. The lowest BCUT2D eigenvalue weighted by atomic mass is 9.70. The normalized spacial score (nSPS) is 23.0. The van der Waals surface area contributed by atoms with Crippen LogP contribution in [-0.2, 0) is 6.42 Å². The Balaban J connectivity index is 1.39. The zero-order valence-corrected chi connectivity index (χ0v) is 21.1. The second kappa shape index (κ2) is 9.87. The Hall–Kier alpha value is -3.90. The number of fused-ring (bicyclic) bond motifs is 2. The van der Waals surface area contributed by atoms with E-state index in [9.17, 15) is 15.3 Å². The van der Waals surface area contributed by atoms with Gasteiger partial charge in [-0.2, -0.15) is 0 Å². The first kappa shape index (κ1) is 24.8. The van der Waals surface area contributed by atoms with Crippen molar-refractivity contribution in [2.24, 2.45) is 5.92 Å². The number of ether oxygens (including phenoxy) is 2. The molecule has 2 aliphatic rings. The Morgan fingerprint density at radius 2 is 1.59 bits per heavy atom. The van der Waals surface area contributed by atoms with E-state index in [1.165, 1.54) is 0 Å². The summed E-state index contributed by atoms with van der Waals surface area (Å²) in [7, 11) is 1.63. The van der Waals surface area contributed by atoms with Crippen molar-refractivity contribution in [1.82, 2.24) is 0 Å². The number of anilines is 1. The monoisotopic (exact) mass is 499 g/mol. The molecule has 3 aromatic rings. The second-order valence-corrected chi connectivity index (χ2v) is 10.2. The molecular formula is C31H33NO5. The largest absolute Gasteiger partial charge is 0.507 e. The van der Waals surface area contributed by atoms with Crippen molar-refractivity contribution in [2.75, 3.05) is 12.8 Å². The summed E-state index contributed by atoms with van der Waals surface area (Å²) in [4.78, 5) is 0. The van der Waals surface area contributed by atoms with Gasteiger partial charge in [0.05, 0.1) is 18.3 Å². The number of aliphatic hydroxyl groups is 1. The molecule has 1 aliphatic carbocycles. The van der Waals surface area contributed by atoms with Crippen molar-refractivity contribution < 1.29 is 24.8 Å². The summed E-state index contributed by atoms with van der Waals surface area (Å²) >= 11 is 0. The van der Waals surface area contributed by atoms with Gasteiger partial charge >= 0.3 is 0 Å². The lowest BCUT2D eigenvalue weighted by Gasteiger charge is -2.45. The fourth-order valence-corrected chi connectivity index (χ4v) is 5.44. The average molecular weight is 500 g/mol. The van der Waals surface area contributed by atoms with Crippen LogP contribution in [0.3, 0.4) is 0 Å². The Labute approximate surface area is 217 Å². The molecule has 37 heavy (non-hydrogen) atoms. The van der Waals surface area contributed by atoms with Gasteiger partial charge < -0.3 is 30.5 Å². The number of nitrogen functional groups attached to an aromatic ring is 1. The van der Waals surface area contributed by atoms with E-state index in [0.717, 1.165) is 48.1 Å². The van der Waals surface area contributed by atoms with E-state index in [2.05, 4.69) is 6.07 Å². The molecule has 3 atom stereocenters. The molecule has 192 valence electrons. The van der Waals surface area contributed by atoms with Gasteiger partial charge in [0.15, 0.2) is 11.5 Å². The molecule has 0 aromatic heterocycles. The number of nitrogens with two attached hydrogens (primary N) is 1.